The summed E-state index contributed by atoms with van der Waals surface area (Å²) in [5.74, 6) is -0.467. The minimum atomic E-state index is -0.684. The summed E-state index contributed by atoms with van der Waals surface area (Å²) in [6.07, 6.45) is 3.77. The highest BCUT2D eigenvalue weighted by molar-refractivity contribution is 5.73. The van der Waals surface area contributed by atoms with Gasteiger partial charge in [0, 0.05) is 50.3 Å². The van der Waals surface area contributed by atoms with Crippen molar-refractivity contribution in [1.82, 2.24) is 25.3 Å². The quantitative estimate of drug-likeness (QED) is 0.730. The minimum absolute atomic E-state index is 0.0282. The normalized spacial score (nSPS) is 23.6. The number of halogens is 1. The van der Waals surface area contributed by atoms with Gasteiger partial charge in [-0.25, -0.2) is 15.0 Å². The maximum Gasteiger partial charge on any atom is 0.256 e. The Hall–Kier alpha value is -3.08. The highest BCUT2D eigenvalue weighted by Crippen LogP contribution is 2.32. The zero-order valence-corrected chi connectivity index (χ0v) is 16.8. The van der Waals surface area contributed by atoms with Crippen LogP contribution in [0.5, 0.6) is 5.88 Å². The first-order chi connectivity index (χ1) is 14.4. The Morgan fingerprint density at radius 1 is 1.33 bits per heavy atom. The molecule has 1 aliphatic heterocycles. The summed E-state index contributed by atoms with van der Waals surface area (Å²) in [5, 5.41) is 2.83. The molecule has 0 aromatic carbocycles. The van der Waals surface area contributed by atoms with Crippen molar-refractivity contribution < 1.29 is 18.7 Å². The molecule has 2 aliphatic rings. The average Bonchev–Trinajstić information content (AvgIpc) is 2.68. The summed E-state index contributed by atoms with van der Waals surface area (Å²) in [4.78, 5) is 29.8. The van der Waals surface area contributed by atoms with Crippen LogP contribution >= 0.6 is 0 Å². The molecular formula is C19H24FN7O3. The van der Waals surface area contributed by atoms with Crippen LogP contribution in [0, 0.1) is 5.82 Å². The van der Waals surface area contributed by atoms with Crippen LogP contribution in [0.4, 0.5) is 16.3 Å². The van der Waals surface area contributed by atoms with Crippen LogP contribution in [0.15, 0.2) is 12.4 Å². The maximum atomic E-state index is 15.3. The van der Waals surface area contributed by atoms with Crippen molar-refractivity contribution in [2.24, 2.45) is 0 Å². The summed E-state index contributed by atoms with van der Waals surface area (Å²) in [6.45, 7) is 5.09. The molecule has 2 fully saturated rings. The number of ether oxygens (including phenoxy) is 2. The van der Waals surface area contributed by atoms with Crippen LogP contribution in [0.3, 0.4) is 0 Å². The zero-order valence-electron chi connectivity index (χ0n) is 16.8. The van der Waals surface area contributed by atoms with Crippen LogP contribution in [-0.4, -0.2) is 63.8 Å². The Bertz CT molecular complexity index is 921. The average molecular weight is 417 g/mol. The topological polar surface area (TPSA) is 128 Å². The highest BCUT2D eigenvalue weighted by atomic mass is 19.1. The van der Waals surface area contributed by atoms with Crippen LogP contribution in [0.2, 0.25) is 0 Å². The molecule has 1 saturated carbocycles. The van der Waals surface area contributed by atoms with Gasteiger partial charge >= 0.3 is 0 Å². The van der Waals surface area contributed by atoms with Crippen molar-refractivity contribution >= 4 is 17.8 Å². The second-order valence-corrected chi connectivity index (χ2v) is 7.55. The predicted molar refractivity (Wildman–Crippen MR) is 106 cm³/mol. The summed E-state index contributed by atoms with van der Waals surface area (Å²) < 4.78 is 26.6. The number of carbonyl (C=O) groups excluding carboxylic acids is 1. The fraction of sp³-hybridized carbons (Fsp3) is 0.526. The molecule has 2 aromatic heterocycles. The molecule has 1 aliphatic carbocycles. The first-order valence-electron chi connectivity index (χ1n) is 9.84. The molecule has 0 spiro atoms. The fourth-order valence-electron chi connectivity index (χ4n) is 3.52. The second kappa shape index (κ2) is 8.34. The summed E-state index contributed by atoms with van der Waals surface area (Å²) in [5.41, 5.74) is 5.97. The van der Waals surface area contributed by atoms with Crippen molar-refractivity contribution in [2.75, 3.05) is 30.4 Å². The number of anilines is 2. The van der Waals surface area contributed by atoms with E-state index < -0.39 is 5.82 Å². The lowest BCUT2D eigenvalue weighted by Gasteiger charge is -2.36. The van der Waals surface area contributed by atoms with Gasteiger partial charge in [0.2, 0.25) is 23.6 Å². The molecule has 0 bridgehead atoms. The van der Waals surface area contributed by atoms with Crippen molar-refractivity contribution in [3.8, 4) is 17.1 Å². The molecule has 1 saturated heterocycles. The van der Waals surface area contributed by atoms with E-state index in [-0.39, 0.29) is 41.6 Å². The van der Waals surface area contributed by atoms with Gasteiger partial charge < -0.3 is 25.4 Å². The molecule has 0 unspecified atom stereocenters. The number of aromatic nitrogens is 4. The van der Waals surface area contributed by atoms with E-state index in [0.717, 1.165) is 0 Å². The van der Waals surface area contributed by atoms with E-state index in [4.69, 9.17) is 15.2 Å². The number of rotatable bonds is 5. The number of hydrogen-bond donors (Lipinski definition) is 2. The van der Waals surface area contributed by atoms with E-state index >= 15 is 4.39 Å². The number of amides is 1. The van der Waals surface area contributed by atoms with Gasteiger partial charge in [-0.1, -0.05) is 0 Å². The lowest BCUT2D eigenvalue weighted by molar-refractivity contribution is -0.120. The molecule has 4 rings (SSSR count). The number of morpholine rings is 1. The van der Waals surface area contributed by atoms with Crippen molar-refractivity contribution in [3.05, 3.63) is 18.2 Å². The predicted octanol–water partition coefficient (Wildman–Crippen LogP) is 0.926. The van der Waals surface area contributed by atoms with Crippen molar-refractivity contribution in [2.45, 2.75) is 44.9 Å². The Morgan fingerprint density at radius 3 is 2.73 bits per heavy atom. The van der Waals surface area contributed by atoms with Gasteiger partial charge in [-0.05, 0) is 6.92 Å². The monoisotopic (exact) mass is 417 g/mol. The molecule has 3 heterocycles. The molecule has 3 N–H and O–H groups in total. The highest BCUT2D eigenvalue weighted by Gasteiger charge is 2.34. The molecule has 10 nitrogen and oxygen atoms in total. The van der Waals surface area contributed by atoms with E-state index in [1.54, 1.807) is 0 Å². The number of nitrogen functional groups attached to an aromatic ring is 1. The molecule has 0 radical (unpaired) electrons. The smallest absolute Gasteiger partial charge is 0.256 e. The molecule has 1 amide bonds. The molecule has 30 heavy (non-hydrogen) atoms. The SMILES string of the molecule is CC(=O)NC1CC(Oc2nc(N3CCOC[C@@H]3C)nc(-c3cnc(N)nc3)c2F)C1. The molecule has 2 aromatic rings. The van der Waals surface area contributed by atoms with Gasteiger partial charge in [0.05, 0.1) is 19.3 Å². The largest absolute Gasteiger partial charge is 0.472 e. The Kier molecular flexibility index (Phi) is 5.62. The summed E-state index contributed by atoms with van der Waals surface area (Å²) >= 11 is 0. The van der Waals surface area contributed by atoms with Crippen LogP contribution in [0.1, 0.15) is 26.7 Å². The Balaban J connectivity index is 1.64. The van der Waals surface area contributed by atoms with Gasteiger partial charge in [0.1, 0.15) is 11.8 Å². The lowest BCUT2D eigenvalue weighted by atomic mass is 9.89. The van der Waals surface area contributed by atoms with Crippen LogP contribution < -0.4 is 20.7 Å². The molecular weight excluding hydrogens is 393 g/mol. The van der Waals surface area contributed by atoms with Gasteiger partial charge in [-0.2, -0.15) is 9.37 Å². The Labute approximate surface area is 173 Å². The van der Waals surface area contributed by atoms with Crippen LogP contribution in [0.25, 0.3) is 11.3 Å². The second-order valence-electron chi connectivity index (χ2n) is 7.55. The number of hydrogen-bond acceptors (Lipinski definition) is 9. The fourth-order valence-corrected chi connectivity index (χ4v) is 3.52. The molecule has 1 atom stereocenters. The van der Waals surface area contributed by atoms with Crippen molar-refractivity contribution in [1.29, 1.82) is 0 Å². The first-order valence-corrected chi connectivity index (χ1v) is 9.84. The van der Waals surface area contributed by atoms with Gasteiger partial charge in [0.25, 0.3) is 5.88 Å². The van der Waals surface area contributed by atoms with E-state index in [1.807, 2.05) is 11.8 Å². The lowest BCUT2D eigenvalue weighted by Crippen LogP contribution is -2.48. The van der Waals surface area contributed by atoms with Crippen molar-refractivity contribution in [3.63, 3.8) is 0 Å². The third-order valence-corrected chi connectivity index (χ3v) is 5.16. The number of nitrogens with zero attached hydrogens (tertiary/aromatic N) is 5. The number of carbonyl (C=O) groups is 1. The van der Waals surface area contributed by atoms with Gasteiger partial charge in [-0.3, -0.25) is 4.79 Å². The van der Waals surface area contributed by atoms with E-state index in [9.17, 15) is 4.79 Å². The van der Waals surface area contributed by atoms with Crippen LogP contribution in [-0.2, 0) is 9.53 Å². The van der Waals surface area contributed by atoms with Gasteiger partial charge in [0.15, 0.2) is 0 Å². The maximum absolute atomic E-state index is 15.3. The molecule has 11 heteroatoms. The van der Waals surface area contributed by atoms with E-state index in [1.165, 1.54) is 19.3 Å². The summed E-state index contributed by atoms with van der Waals surface area (Å²) in [7, 11) is 0. The van der Waals surface area contributed by atoms with E-state index in [0.29, 0.717) is 44.1 Å². The van der Waals surface area contributed by atoms with E-state index in [2.05, 4.69) is 25.3 Å². The number of nitrogens with one attached hydrogen (secondary N) is 1. The minimum Gasteiger partial charge on any atom is -0.472 e. The number of nitrogens with two attached hydrogens (primary N) is 1. The van der Waals surface area contributed by atoms with Gasteiger partial charge in [-0.15, -0.1) is 0 Å². The third kappa shape index (κ3) is 4.25. The standard InChI is InChI=1S/C19H24FN7O3/c1-10-9-29-4-3-27(10)19-25-16(12-7-22-18(21)23-8-12)15(20)17(26-19)30-14-5-13(6-14)24-11(2)28/h7-8,10,13-14H,3-6,9H2,1-2H3,(H,24,28)(H2,21,22,23)/t10-,13?,14?/m0/s1. The summed E-state index contributed by atoms with van der Waals surface area (Å²) in [6, 6.07) is 0.0570. The first kappa shape index (κ1) is 20.2. The molecule has 160 valence electrons. The third-order valence-electron chi connectivity index (χ3n) is 5.16. The Morgan fingerprint density at radius 2 is 2.07 bits per heavy atom. The zero-order chi connectivity index (χ0) is 21.3.